The third-order valence-electron chi connectivity index (χ3n) is 4.01. The van der Waals surface area contributed by atoms with Crippen LogP contribution in [-0.2, 0) is 16.1 Å². The molecule has 132 valence electrons. The van der Waals surface area contributed by atoms with Crippen LogP contribution in [0.15, 0.2) is 53.1 Å². The average molecular weight is 344 g/mol. The summed E-state index contributed by atoms with van der Waals surface area (Å²) in [7, 11) is 0. The quantitative estimate of drug-likeness (QED) is 0.777. The lowest BCUT2D eigenvalue weighted by Gasteiger charge is -2.20. The molecule has 2 aromatic rings. The summed E-state index contributed by atoms with van der Waals surface area (Å²) in [5, 5.41) is 10.1. The van der Waals surface area contributed by atoms with Gasteiger partial charge in [0.25, 0.3) is 5.91 Å². The molecule has 1 aliphatic heterocycles. The Hall–Kier alpha value is -2.64. The van der Waals surface area contributed by atoms with Crippen LogP contribution in [-0.4, -0.2) is 47.2 Å². The molecule has 1 aliphatic rings. The first-order valence-electron chi connectivity index (χ1n) is 8.05. The third-order valence-corrected chi connectivity index (χ3v) is 4.01. The van der Waals surface area contributed by atoms with Crippen LogP contribution < -0.4 is 4.90 Å². The number of para-hydroxylation sites is 1. The number of benzene rings is 1. The number of hydrogen-bond donors (Lipinski definition) is 1. The highest BCUT2D eigenvalue weighted by Gasteiger charge is 2.43. The van der Waals surface area contributed by atoms with Gasteiger partial charge in [-0.05, 0) is 31.2 Å². The van der Waals surface area contributed by atoms with E-state index in [4.69, 9.17) is 9.15 Å². The third kappa shape index (κ3) is 3.72. The van der Waals surface area contributed by atoms with Crippen LogP contribution in [0.25, 0.3) is 0 Å². The van der Waals surface area contributed by atoms with E-state index in [0.717, 1.165) is 4.90 Å². The number of imide groups is 1. The molecule has 0 radical (unpaired) electrons. The summed E-state index contributed by atoms with van der Waals surface area (Å²) in [5.41, 5.74) is 0.652. The molecule has 25 heavy (non-hydrogen) atoms. The summed E-state index contributed by atoms with van der Waals surface area (Å²) in [4.78, 5) is 27.5. The number of anilines is 1. The number of furan rings is 1. The molecule has 7 heteroatoms. The molecule has 1 aromatic heterocycles. The van der Waals surface area contributed by atoms with Gasteiger partial charge in [0.15, 0.2) is 0 Å². The Labute approximate surface area is 145 Å². The topological polar surface area (TPSA) is 83.2 Å². The summed E-state index contributed by atoms with van der Waals surface area (Å²) in [6, 6.07) is 11.5. The van der Waals surface area contributed by atoms with E-state index in [2.05, 4.69) is 0 Å². The fraction of sp³-hybridized carbons (Fsp3) is 0.333. The number of aliphatic hydroxyl groups is 1. The minimum absolute atomic E-state index is 0.00250. The van der Waals surface area contributed by atoms with Crippen LogP contribution in [0.5, 0.6) is 0 Å². The number of carbonyl (C=O) groups is 2. The molecule has 0 unspecified atom stereocenters. The van der Waals surface area contributed by atoms with Crippen molar-refractivity contribution in [2.24, 2.45) is 0 Å². The van der Waals surface area contributed by atoms with Crippen molar-refractivity contribution >= 4 is 17.6 Å². The van der Waals surface area contributed by atoms with Gasteiger partial charge in [-0.3, -0.25) is 14.6 Å². The summed E-state index contributed by atoms with van der Waals surface area (Å²) in [6.07, 6.45) is 0.571. The lowest BCUT2D eigenvalue weighted by atomic mass is 10.2. The van der Waals surface area contributed by atoms with Gasteiger partial charge in [0, 0.05) is 5.69 Å². The van der Waals surface area contributed by atoms with Crippen molar-refractivity contribution < 1.29 is 23.8 Å². The maximum Gasteiger partial charge on any atom is 0.332 e. The zero-order valence-corrected chi connectivity index (χ0v) is 13.9. The molecule has 3 amide bonds. The van der Waals surface area contributed by atoms with Crippen LogP contribution in [0, 0.1) is 0 Å². The number of nitrogens with zero attached hydrogens (tertiary/aromatic N) is 2. The number of amides is 3. The van der Waals surface area contributed by atoms with Gasteiger partial charge >= 0.3 is 6.03 Å². The van der Waals surface area contributed by atoms with Gasteiger partial charge in [0.2, 0.25) is 0 Å². The fourth-order valence-electron chi connectivity index (χ4n) is 2.77. The van der Waals surface area contributed by atoms with E-state index in [1.165, 1.54) is 11.2 Å². The maximum absolute atomic E-state index is 12.6. The second kappa shape index (κ2) is 7.50. The van der Waals surface area contributed by atoms with Gasteiger partial charge in [-0.2, -0.15) is 0 Å². The molecule has 7 nitrogen and oxygen atoms in total. The van der Waals surface area contributed by atoms with Gasteiger partial charge in [-0.1, -0.05) is 18.2 Å². The predicted octanol–water partition coefficient (Wildman–Crippen LogP) is 2.01. The van der Waals surface area contributed by atoms with Crippen molar-refractivity contribution in [1.29, 1.82) is 0 Å². The first-order valence-corrected chi connectivity index (χ1v) is 8.05. The van der Waals surface area contributed by atoms with E-state index in [1.807, 2.05) is 6.07 Å². The van der Waals surface area contributed by atoms with E-state index in [0.29, 0.717) is 11.4 Å². The minimum atomic E-state index is -0.967. The molecule has 0 aliphatic carbocycles. The van der Waals surface area contributed by atoms with Crippen molar-refractivity contribution in [1.82, 2.24) is 4.90 Å². The molecule has 2 heterocycles. The van der Waals surface area contributed by atoms with Crippen molar-refractivity contribution in [3.63, 3.8) is 0 Å². The predicted molar refractivity (Wildman–Crippen MR) is 89.9 cm³/mol. The monoisotopic (exact) mass is 344 g/mol. The molecular weight excluding hydrogens is 324 g/mol. The van der Waals surface area contributed by atoms with Crippen LogP contribution in [0.2, 0.25) is 0 Å². The van der Waals surface area contributed by atoms with E-state index < -0.39 is 18.2 Å². The lowest BCUT2D eigenvalue weighted by molar-refractivity contribution is -0.128. The average Bonchev–Trinajstić information content (AvgIpc) is 3.19. The number of rotatable bonds is 7. The highest BCUT2D eigenvalue weighted by molar-refractivity contribution is 6.14. The van der Waals surface area contributed by atoms with E-state index in [9.17, 15) is 14.7 Å². The van der Waals surface area contributed by atoms with Crippen LogP contribution in [0.3, 0.4) is 0 Å². The highest BCUT2D eigenvalue weighted by Crippen LogP contribution is 2.25. The smallest absolute Gasteiger partial charge is 0.332 e. The number of ether oxygens (including phenoxy) is 1. The molecular formula is C18H20N2O5. The first kappa shape index (κ1) is 17.2. The van der Waals surface area contributed by atoms with Crippen molar-refractivity contribution in [3.8, 4) is 0 Å². The van der Waals surface area contributed by atoms with Crippen molar-refractivity contribution in [2.45, 2.75) is 25.7 Å². The Morgan fingerprint density at radius 2 is 1.96 bits per heavy atom. The number of carbonyl (C=O) groups excluding carboxylic acids is 2. The normalized spacial score (nSPS) is 18.9. The van der Waals surface area contributed by atoms with Gasteiger partial charge in [0.1, 0.15) is 18.4 Å². The Bertz CT molecular complexity index is 716. The molecule has 1 fully saturated rings. The Kier molecular flexibility index (Phi) is 5.16. The number of urea groups is 1. The van der Waals surface area contributed by atoms with Crippen molar-refractivity contribution in [3.05, 3.63) is 54.5 Å². The number of aliphatic hydroxyl groups excluding tert-OH is 1. The Morgan fingerprint density at radius 3 is 2.64 bits per heavy atom. The second-order valence-corrected chi connectivity index (χ2v) is 5.86. The lowest BCUT2D eigenvalue weighted by Crippen LogP contribution is -2.40. The van der Waals surface area contributed by atoms with Gasteiger partial charge in [-0.15, -0.1) is 0 Å². The van der Waals surface area contributed by atoms with Gasteiger partial charge < -0.3 is 14.3 Å². The molecule has 0 bridgehead atoms. The zero-order valence-electron chi connectivity index (χ0n) is 13.9. The van der Waals surface area contributed by atoms with E-state index >= 15 is 0 Å². The van der Waals surface area contributed by atoms with E-state index in [1.54, 1.807) is 43.3 Å². The molecule has 0 spiro atoms. The summed E-state index contributed by atoms with van der Waals surface area (Å²) < 4.78 is 10.5. The first-order chi connectivity index (χ1) is 12.1. The minimum Gasteiger partial charge on any atom is -0.467 e. The zero-order chi connectivity index (χ0) is 17.8. The Morgan fingerprint density at radius 1 is 1.20 bits per heavy atom. The van der Waals surface area contributed by atoms with Crippen LogP contribution in [0.4, 0.5) is 10.5 Å². The maximum atomic E-state index is 12.6. The van der Waals surface area contributed by atoms with Crippen molar-refractivity contribution in [2.75, 3.05) is 18.1 Å². The number of β-amino-alcohol motifs (C(OH)–C–C–N with tert-alkyl or cyclic N) is 1. The molecule has 1 saturated heterocycles. The Balaban J connectivity index is 1.58. The fourth-order valence-corrected chi connectivity index (χ4v) is 2.77. The summed E-state index contributed by atoms with van der Waals surface area (Å²) in [6.45, 7) is 1.78. The SMILES string of the molecule is C[C@H]1C(=O)N(C[C@H](O)COCc2ccco2)C(=O)N1c1ccccc1. The van der Waals surface area contributed by atoms with Gasteiger partial charge in [-0.25, -0.2) is 4.79 Å². The molecule has 1 N–H and O–H groups in total. The van der Waals surface area contributed by atoms with E-state index in [-0.39, 0.29) is 25.7 Å². The highest BCUT2D eigenvalue weighted by atomic mass is 16.5. The summed E-state index contributed by atoms with van der Waals surface area (Å²) >= 11 is 0. The van der Waals surface area contributed by atoms with Crippen LogP contribution in [0.1, 0.15) is 12.7 Å². The molecule has 2 atom stereocenters. The van der Waals surface area contributed by atoms with Crippen LogP contribution >= 0.6 is 0 Å². The largest absolute Gasteiger partial charge is 0.467 e. The second-order valence-electron chi connectivity index (χ2n) is 5.86. The molecule has 0 saturated carbocycles. The van der Waals surface area contributed by atoms with Gasteiger partial charge in [0.05, 0.1) is 25.5 Å². The molecule has 1 aromatic carbocycles. The standard InChI is InChI=1S/C18H20N2O5/c1-13-17(22)19(18(23)20(13)14-6-3-2-4-7-14)10-15(21)11-24-12-16-8-5-9-25-16/h2-9,13,15,21H,10-12H2,1H3/t13-,15-/m0/s1. The number of hydrogen-bond acceptors (Lipinski definition) is 5. The molecule has 3 rings (SSSR count). The summed E-state index contributed by atoms with van der Waals surface area (Å²) in [5.74, 6) is 0.309.